The lowest BCUT2D eigenvalue weighted by Crippen LogP contribution is -2.07. The van der Waals surface area contributed by atoms with Crippen molar-refractivity contribution in [3.05, 3.63) is 34.9 Å². The largest absolute Gasteiger partial charge is 0.508 e. The van der Waals surface area contributed by atoms with E-state index in [2.05, 4.69) is 5.32 Å². The number of aliphatic hydroxyl groups is 1. The fourth-order valence-corrected chi connectivity index (χ4v) is 1.43. The Morgan fingerprint density at radius 2 is 2.25 bits per heavy atom. The van der Waals surface area contributed by atoms with Gasteiger partial charge in [-0.15, -0.1) is 0 Å². The standard InChI is InChI=1S/C9H8ClNO/c10-6-1-2-7-8(5-6)11-4-3-9(7)12/h1-3,5,11-12H,4H2. The molecule has 1 aromatic rings. The first-order valence-electron chi connectivity index (χ1n) is 3.70. The molecule has 1 aromatic carbocycles. The van der Waals surface area contributed by atoms with Crippen molar-refractivity contribution < 1.29 is 5.11 Å². The normalized spacial score (nSPS) is 14.6. The van der Waals surface area contributed by atoms with E-state index in [0.717, 1.165) is 11.3 Å². The molecule has 12 heavy (non-hydrogen) atoms. The number of hydrogen-bond donors (Lipinski definition) is 2. The average molecular weight is 182 g/mol. The third-order valence-electron chi connectivity index (χ3n) is 1.85. The molecule has 0 spiro atoms. The summed E-state index contributed by atoms with van der Waals surface area (Å²) in [5.41, 5.74) is 1.70. The average Bonchev–Trinajstić information content (AvgIpc) is 2.04. The van der Waals surface area contributed by atoms with E-state index in [1.807, 2.05) is 0 Å². The summed E-state index contributed by atoms with van der Waals surface area (Å²) >= 11 is 5.78. The second-order valence-corrected chi connectivity index (χ2v) is 3.10. The SMILES string of the molecule is OC1=CCNc2cc(Cl)ccc21. The number of nitrogens with one attached hydrogen (secondary N) is 1. The molecule has 0 aliphatic carbocycles. The first kappa shape index (κ1) is 7.50. The van der Waals surface area contributed by atoms with Crippen LogP contribution in [-0.4, -0.2) is 11.7 Å². The van der Waals surface area contributed by atoms with Crippen LogP contribution in [0.4, 0.5) is 5.69 Å². The quantitative estimate of drug-likeness (QED) is 0.645. The first-order valence-corrected chi connectivity index (χ1v) is 4.08. The minimum absolute atomic E-state index is 0.320. The molecule has 2 N–H and O–H groups in total. The summed E-state index contributed by atoms with van der Waals surface area (Å²) in [7, 11) is 0. The van der Waals surface area contributed by atoms with Crippen molar-refractivity contribution in [1.82, 2.24) is 0 Å². The van der Waals surface area contributed by atoms with Crippen molar-refractivity contribution in [2.24, 2.45) is 0 Å². The van der Waals surface area contributed by atoms with Crippen LogP contribution in [0.25, 0.3) is 5.76 Å². The van der Waals surface area contributed by atoms with Gasteiger partial charge in [-0.25, -0.2) is 0 Å². The van der Waals surface area contributed by atoms with Gasteiger partial charge in [0.15, 0.2) is 0 Å². The molecule has 2 rings (SSSR count). The molecular weight excluding hydrogens is 174 g/mol. The van der Waals surface area contributed by atoms with Crippen LogP contribution in [0.15, 0.2) is 24.3 Å². The highest BCUT2D eigenvalue weighted by atomic mass is 35.5. The van der Waals surface area contributed by atoms with Gasteiger partial charge in [0, 0.05) is 22.8 Å². The van der Waals surface area contributed by atoms with Crippen LogP contribution >= 0.6 is 11.6 Å². The summed E-state index contributed by atoms with van der Waals surface area (Å²) < 4.78 is 0. The number of rotatable bonds is 0. The van der Waals surface area contributed by atoms with Crippen LogP contribution in [-0.2, 0) is 0 Å². The molecule has 0 bridgehead atoms. The first-order chi connectivity index (χ1) is 5.77. The van der Waals surface area contributed by atoms with Crippen LogP contribution in [0.3, 0.4) is 0 Å². The lowest BCUT2D eigenvalue weighted by molar-refractivity contribution is 0.509. The zero-order valence-electron chi connectivity index (χ0n) is 6.34. The van der Waals surface area contributed by atoms with Gasteiger partial charge in [0.05, 0.1) is 0 Å². The number of benzene rings is 1. The van der Waals surface area contributed by atoms with Crippen molar-refractivity contribution in [2.45, 2.75) is 0 Å². The summed E-state index contributed by atoms with van der Waals surface area (Å²) in [6, 6.07) is 5.37. The maximum absolute atomic E-state index is 9.43. The van der Waals surface area contributed by atoms with Crippen LogP contribution in [0.2, 0.25) is 5.02 Å². The molecule has 0 radical (unpaired) electrons. The molecule has 0 saturated carbocycles. The zero-order valence-corrected chi connectivity index (χ0v) is 7.10. The van der Waals surface area contributed by atoms with Crippen LogP contribution < -0.4 is 5.32 Å². The Morgan fingerprint density at radius 3 is 3.08 bits per heavy atom. The van der Waals surface area contributed by atoms with Gasteiger partial charge in [0.25, 0.3) is 0 Å². The van der Waals surface area contributed by atoms with E-state index in [4.69, 9.17) is 11.6 Å². The van der Waals surface area contributed by atoms with E-state index in [-0.39, 0.29) is 0 Å². The highest BCUT2D eigenvalue weighted by Crippen LogP contribution is 2.28. The van der Waals surface area contributed by atoms with E-state index in [1.165, 1.54) is 0 Å². The number of hydrogen-bond acceptors (Lipinski definition) is 2. The molecule has 1 aliphatic heterocycles. The molecule has 62 valence electrons. The van der Waals surface area contributed by atoms with Crippen molar-refractivity contribution in [1.29, 1.82) is 0 Å². The second kappa shape index (κ2) is 2.72. The Hall–Kier alpha value is -1.15. The van der Waals surface area contributed by atoms with Gasteiger partial charge >= 0.3 is 0 Å². The topological polar surface area (TPSA) is 32.3 Å². The summed E-state index contributed by atoms with van der Waals surface area (Å²) in [5.74, 6) is 0.320. The molecule has 0 unspecified atom stereocenters. The predicted octanol–water partition coefficient (Wildman–Crippen LogP) is 2.66. The second-order valence-electron chi connectivity index (χ2n) is 2.66. The molecule has 0 atom stereocenters. The number of aliphatic hydroxyl groups excluding tert-OH is 1. The number of halogens is 1. The summed E-state index contributed by atoms with van der Waals surface area (Å²) in [4.78, 5) is 0. The molecule has 0 aromatic heterocycles. The van der Waals surface area contributed by atoms with Crippen LogP contribution in [0, 0.1) is 0 Å². The number of fused-ring (bicyclic) bond motifs is 1. The number of anilines is 1. The minimum Gasteiger partial charge on any atom is -0.508 e. The molecule has 1 heterocycles. The Morgan fingerprint density at radius 1 is 1.42 bits per heavy atom. The monoisotopic (exact) mass is 181 g/mol. The fraction of sp³-hybridized carbons (Fsp3) is 0.111. The molecular formula is C9H8ClNO. The minimum atomic E-state index is 0.320. The van der Waals surface area contributed by atoms with Gasteiger partial charge in [-0.05, 0) is 24.3 Å². The summed E-state index contributed by atoms with van der Waals surface area (Å²) in [5, 5.41) is 13.2. The van der Waals surface area contributed by atoms with Gasteiger partial charge in [-0.1, -0.05) is 11.6 Å². The van der Waals surface area contributed by atoms with E-state index >= 15 is 0 Å². The lowest BCUT2D eigenvalue weighted by atomic mass is 10.1. The van der Waals surface area contributed by atoms with Crippen LogP contribution in [0.1, 0.15) is 5.56 Å². The molecule has 0 fully saturated rings. The van der Waals surface area contributed by atoms with Gasteiger partial charge in [0.2, 0.25) is 0 Å². The lowest BCUT2D eigenvalue weighted by Gasteiger charge is -2.15. The molecule has 0 saturated heterocycles. The zero-order chi connectivity index (χ0) is 8.55. The third kappa shape index (κ3) is 1.14. The van der Waals surface area contributed by atoms with Gasteiger partial charge in [-0.2, -0.15) is 0 Å². The fourth-order valence-electron chi connectivity index (χ4n) is 1.25. The maximum Gasteiger partial charge on any atom is 0.122 e. The summed E-state index contributed by atoms with van der Waals surface area (Å²) in [6.45, 7) is 0.652. The van der Waals surface area contributed by atoms with Gasteiger partial charge in [0.1, 0.15) is 5.76 Å². The van der Waals surface area contributed by atoms with Crippen molar-refractivity contribution >= 4 is 23.0 Å². The predicted molar refractivity (Wildman–Crippen MR) is 50.5 cm³/mol. The summed E-state index contributed by atoms with van der Waals surface area (Å²) in [6.07, 6.45) is 1.73. The van der Waals surface area contributed by atoms with Gasteiger partial charge < -0.3 is 10.4 Å². The molecule has 1 aliphatic rings. The highest BCUT2D eigenvalue weighted by Gasteiger charge is 2.10. The van der Waals surface area contributed by atoms with Crippen LogP contribution in [0.5, 0.6) is 0 Å². The molecule has 0 amide bonds. The Balaban J connectivity index is 2.56. The van der Waals surface area contributed by atoms with E-state index in [1.54, 1.807) is 24.3 Å². The smallest absolute Gasteiger partial charge is 0.122 e. The van der Waals surface area contributed by atoms with E-state index in [9.17, 15) is 5.11 Å². The van der Waals surface area contributed by atoms with Crippen molar-refractivity contribution in [2.75, 3.05) is 11.9 Å². The van der Waals surface area contributed by atoms with Crippen molar-refractivity contribution in [3.8, 4) is 0 Å². The molecule has 2 nitrogen and oxygen atoms in total. The van der Waals surface area contributed by atoms with E-state index in [0.29, 0.717) is 17.3 Å². The van der Waals surface area contributed by atoms with E-state index < -0.39 is 0 Å². The maximum atomic E-state index is 9.43. The Bertz CT molecular complexity index is 346. The molecule has 3 heteroatoms. The van der Waals surface area contributed by atoms with Crippen molar-refractivity contribution in [3.63, 3.8) is 0 Å². The van der Waals surface area contributed by atoms with Gasteiger partial charge in [-0.3, -0.25) is 0 Å². The third-order valence-corrected chi connectivity index (χ3v) is 2.08. The Kier molecular flexibility index (Phi) is 1.70. The Labute approximate surface area is 75.5 Å². The highest BCUT2D eigenvalue weighted by molar-refractivity contribution is 6.31.